The van der Waals surface area contributed by atoms with Crippen LogP contribution in [0.4, 0.5) is 22.7 Å². The number of benzene rings is 1. The minimum Gasteiger partial charge on any atom is -0.384 e. The van der Waals surface area contributed by atoms with Gasteiger partial charge in [-0.3, -0.25) is 0 Å². The first kappa shape index (κ1) is 13.8. The Balaban J connectivity index is 2.58. The van der Waals surface area contributed by atoms with Crippen molar-refractivity contribution in [3.63, 3.8) is 0 Å². The van der Waals surface area contributed by atoms with Crippen molar-refractivity contribution >= 4 is 15.9 Å². The van der Waals surface area contributed by atoms with E-state index < -0.39 is 27.7 Å². The molecule has 0 unspecified atom stereocenters. The summed E-state index contributed by atoms with van der Waals surface area (Å²) in [6.07, 6.45) is -4.42. The molecule has 1 N–H and O–H groups in total. The van der Waals surface area contributed by atoms with Gasteiger partial charge >= 0.3 is 16.4 Å². The fourth-order valence-electron chi connectivity index (χ4n) is 1.09. The summed E-state index contributed by atoms with van der Waals surface area (Å²) in [5.74, 6) is -0.728. The predicted octanol–water partition coefficient (Wildman–Crippen LogP) is 2.42. The number of halogens is 4. The maximum atomic E-state index is 12.2. The third kappa shape index (κ3) is 5.03. The largest absolute Gasteiger partial charge is 0.416 e. The van der Waals surface area contributed by atoms with Crippen molar-refractivity contribution in [3.05, 3.63) is 29.8 Å². The van der Waals surface area contributed by atoms with Crippen LogP contribution in [0.5, 0.6) is 0 Å². The molecule has 1 rings (SSSR count). The molecule has 8 heteroatoms. The lowest BCUT2D eigenvalue weighted by molar-refractivity contribution is -0.137. The quantitative estimate of drug-likeness (QED) is 0.675. The Kier molecular flexibility index (Phi) is 3.97. The van der Waals surface area contributed by atoms with Crippen molar-refractivity contribution in [3.8, 4) is 0 Å². The van der Waals surface area contributed by atoms with Gasteiger partial charge in [-0.1, -0.05) is 0 Å². The van der Waals surface area contributed by atoms with Crippen molar-refractivity contribution in [1.29, 1.82) is 0 Å². The zero-order chi connectivity index (χ0) is 13.1. The minimum absolute atomic E-state index is 0.204. The van der Waals surface area contributed by atoms with Crippen LogP contribution in [0.1, 0.15) is 5.56 Å². The minimum atomic E-state index is -4.57. The molecule has 1 aromatic rings. The number of anilines is 1. The van der Waals surface area contributed by atoms with Gasteiger partial charge < -0.3 is 5.32 Å². The molecule has 0 saturated carbocycles. The van der Waals surface area contributed by atoms with Gasteiger partial charge in [0.1, 0.15) is 0 Å². The second-order valence-electron chi connectivity index (χ2n) is 3.24. The highest BCUT2D eigenvalue weighted by Gasteiger charge is 2.29. The molecular formula is C9H9F4NO2S. The van der Waals surface area contributed by atoms with Gasteiger partial charge in [-0.2, -0.15) is 21.6 Å². The van der Waals surface area contributed by atoms with Crippen molar-refractivity contribution in [2.45, 2.75) is 6.18 Å². The lowest BCUT2D eigenvalue weighted by atomic mass is 10.2. The Morgan fingerprint density at radius 1 is 1.12 bits per heavy atom. The Hall–Kier alpha value is -1.31. The standard InChI is InChI=1S/C9H9F4NO2S/c10-9(11,12)7-1-3-8(4-2-7)14-5-6-17(13,15)16/h1-4,14H,5-6H2. The third-order valence-corrected chi connectivity index (χ3v) is 2.58. The van der Waals surface area contributed by atoms with Crippen molar-refractivity contribution in [1.82, 2.24) is 0 Å². The summed E-state index contributed by atoms with van der Waals surface area (Å²) in [6, 6.07) is 4.00. The topological polar surface area (TPSA) is 46.2 Å². The molecule has 0 atom stereocenters. The normalized spacial score (nSPS) is 12.5. The summed E-state index contributed by atoms with van der Waals surface area (Å²) in [5, 5.41) is 2.49. The van der Waals surface area contributed by atoms with Crippen LogP contribution in [-0.4, -0.2) is 20.7 Å². The molecule has 0 radical (unpaired) electrons. The highest BCUT2D eigenvalue weighted by molar-refractivity contribution is 7.86. The van der Waals surface area contributed by atoms with E-state index >= 15 is 0 Å². The number of nitrogens with one attached hydrogen (secondary N) is 1. The van der Waals surface area contributed by atoms with Crippen LogP contribution < -0.4 is 5.32 Å². The van der Waals surface area contributed by atoms with Crippen LogP contribution in [0.25, 0.3) is 0 Å². The molecule has 0 bridgehead atoms. The number of hydrogen-bond acceptors (Lipinski definition) is 3. The van der Waals surface area contributed by atoms with E-state index in [-0.39, 0.29) is 6.54 Å². The first-order valence-corrected chi connectivity index (χ1v) is 6.07. The molecule has 0 aromatic heterocycles. The van der Waals surface area contributed by atoms with Gasteiger partial charge in [0.25, 0.3) is 0 Å². The monoisotopic (exact) mass is 271 g/mol. The van der Waals surface area contributed by atoms with E-state index in [1.54, 1.807) is 0 Å². The van der Waals surface area contributed by atoms with E-state index in [9.17, 15) is 25.5 Å². The maximum Gasteiger partial charge on any atom is 0.416 e. The smallest absolute Gasteiger partial charge is 0.384 e. The number of alkyl halides is 3. The molecule has 3 nitrogen and oxygen atoms in total. The first-order chi connectivity index (χ1) is 7.68. The molecule has 0 saturated heterocycles. The van der Waals surface area contributed by atoms with Gasteiger partial charge in [0, 0.05) is 12.2 Å². The summed E-state index contributed by atoms with van der Waals surface area (Å²) in [6.45, 7) is -0.204. The van der Waals surface area contributed by atoms with E-state index in [1.165, 1.54) is 0 Å². The molecule has 17 heavy (non-hydrogen) atoms. The van der Waals surface area contributed by atoms with Gasteiger partial charge in [-0.05, 0) is 24.3 Å². The first-order valence-electron chi connectivity index (χ1n) is 4.52. The molecule has 0 spiro atoms. The second-order valence-corrected chi connectivity index (χ2v) is 4.73. The van der Waals surface area contributed by atoms with Crippen LogP contribution >= 0.6 is 0 Å². The van der Waals surface area contributed by atoms with Crippen LogP contribution in [-0.2, 0) is 16.4 Å². The van der Waals surface area contributed by atoms with Crippen molar-refractivity contribution in [2.24, 2.45) is 0 Å². The summed E-state index contributed by atoms with van der Waals surface area (Å²) >= 11 is 0. The van der Waals surface area contributed by atoms with Gasteiger partial charge in [0.05, 0.1) is 11.3 Å². The zero-order valence-electron chi connectivity index (χ0n) is 8.46. The van der Waals surface area contributed by atoms with Crippen molar-refractivity contribution in [2.75, 3.05) is 17.6 Å². The van der Waals surface area contributed by atoms with Crippen LogP contribution in [0.3, 0.4) is 0 Å². The Morgan fingerprint density at radius 3 is 2.06 bits per heavy atom. The maximum absolute atomic E-state index is 12.2. The average Bonchev–Trinajstić information content (AvgIpc) is 2.15. The van der Waals surface area contributed by atoms with Gasteiger partial charge in [0.2, 0.25) is 0 Å². The van der Waals surface area contributed by atoms with E-state index in [2.05, 4.69) is 5.32 Å². The molecule has 0 heterocycles. The molecule has 0 aliphatic carbocycles. The van der Waals surface area contributed by atoms with E-state index in [0.29, 0.717) is 5.69 Å². The molecule has 96 valence electrons. The summed E-state index contributed by atoms with van der Waals surface area (Å²) in [4.78, 5) is 0. The fraction of sp³-hybridized carbons (Fsp3) is 0.333. The lowest BCUT2D eigenvalue weighted by Gasteiger charge is -2.08. The SMILES string of the molecule is O=S(=O)(F)CCNc1ccc(C(F)(F)F)cc1. The van der Waals surface area contributed by atoms with Crippen LogP contribution in [0.2, 0.25) is 0 Å². The van der Waals surface area contributed by atoms with E-state index in [4.69, 9.17) is 0 Å². The number of rotatable bonds is 4. The van der Waals surface area contributed by atoms with E-state index in [1.807, 2.05) is 0 Å². The molecule has 0 aliphatic rings. The third-order valence-electron chi connectivity index (χ3n) is 1.89. The average molecular weight is 271 g/mol. The Morgan fingerprint density at radius 2 is 1.65 bits per heavy atom. The second kappa shape index (κ2) is 4.91. The summed E-state index contributed by atoms with van der Waals surface area (Å²) in [5.41, 5.74) is -0.511. The lowest BCUT2D eigenvalue weighted by Crippen LogP contribution is -2.12. The fourth-order valence-corrected chi connectivity index (χ4v) is 1.44. The molecule has 1 aromatic carbocycles. The highest BCUT2D eigenvalue weighted by atomic mass is 32.3. The Labute approximate surface area is 95.7 Å². The summed E-state index contributed by atoms with van der Waals surface area (Å²) in [7, 11) is -4.57. The van der Waals surface area contributed by atoms with Crippen LogP contribution in [0, 0.1) is 0 Å². The van der Waals surface area contributed by atoms with Gasteiger partial charge in [0.15, 0.2) is 0 Å². The van der Waals surface area contributed by atoms with Crippen LogP contribution in [0.15, 0.2) is 24.3 Å². The zero-order valence-corrected chi connectivity index (χ0v) is 9.28. The number of hydrogen-bond donors (Lipinski definition) is 1. The van der Waals surface area contributed by atoms with E-state index in [0.717, 1.165) is 24.3 Å². The van der Waals surface area contributed by atoms with Gasteiger partial charge in [-0.25, -0.2) is 0 Å². The van der Waals surface area contributed by atoms with Crippen molar-refractivity contribution < 1.29 is 25.5 Å². The molecule has 0 fully saturated rings. The summed E-state index contributed by atoms with van der Waals surface area (Å²) < 4.78 is 68.9. The predicted molar refractivity (Wildman–Crippen MR) is 54.8 cm³/mol. The highest BCUT2D eigenvalue weighted by Crippen LogP contribution is 2.29. The molecular weight excluding hydrogens is 262 g/mol. The molecule has 0 amide bonds. The molecule has 0 aliphatic heterocycles. The Bertz CT molecular complexity index is 467. The van der Waals surface area contributed by atoms with Gasteiger partial charge in [-0.15, -0.1) is 3.89 Å².